The first-order valence-electron chi connectivity index (χ1n) is 4.08. The van der Waals surface area contributed by atoms with E-state index in [0.29, 0.717) is 4.73 Å². The van der Waals surface area contributed by atoms with Crippen LogP contribution in [0.4, 0.5) is 5.69 Å². The second kappa shape index (κ2) is 3.09. The Kier molecular flexibility index (Phi) is 1.89. The average Bonchev–Trinajstić information content (AvgIpc) is 2.23. The number of pyridine rings is 1. The summed E-state index contributed by atoms with van der Waals surface area (Å²) < 4.78 is 0.684. The van der Waals surface area contributed by atoms with Gasteiger partial charge in [-0.2, -0.15) is 4.73 Å². The summed E-state index contributed by atoms with van der Waals surface area (Å²) in [5.41, 5.74) is -0.335. The number of non-ortho nitro benzene ring substituents is 1. The van der Waals surface area contributed by atoms with Gasteiger partial charge in [0.1, 0.15) is 0 Å². The minimum Gasteiger partial charge on any atom is -0.428 e. The highest BCUT2D eigenvalue weighted by Crippen LogP contribution is 2.17. The zero-order valence-corrected chi connectivity index (χ0v) is 7.45. The summed E-state index contributed by atoms with van der Waals surface area (Å²) >= 11 is 0. The monoisotopic (exact) mass is 206 g/mol. The van der Waals surface area contributed by atoms with Crippen molar-refractivity contribution in [3.63, 3.8) is 0 Å². The normalized spacial score (nSPS) is 10.4. The quantitative estimate of drug-likeness (QED) is 0.430. The number of fused-ring (bicyclic) bond motifs is 1. The number of rotatable bonds is 1. The largest absolute Gasteiger partial charge is 0.428 e. The highest BCUT2D eigenvalue weighted by molar-refractivity contribution is 5.80. The van der Waals surface area contributed by atoms with Crippen molar-refractivity contribution in [2.45, 2.75) is 0 Å². The maximum absolute atomic E-state index is 11.3. The maximum atomic E-state index is 11.3. The second-order valence-corrected chi connectivity index (χ2v) is 2.98. The second-order valence-electron chi connectivity index (χ2n) is 2.98. The van der Waals surface area contributed by atoms with Crippen molar-refractivity contribution < 1.29 is 10.1 Å². The maximum Gasteiger partial charge on any atom is 0.271 e. The molecule has 15 heavy (non-hydrogen) atoms. The van der Waals surface area contributed by atoms with Crippen LogP contribution in [0.25, 0.3) is 10.9 Å². The molecule has 1 heterocycles. The molecule has 0 bridgehead atoms. The average molecular weight is 206 g/mol. The van der Waals surface area contributed by atoms with E-state index in [1.165, 1.54) is 18.2 Å². The lowest BCUT2D eigenvalue weighted by atomic mass is 10.2. The fraction of sp³-hybridized carbons (Fsp3) is 0. The van der Waals surface area contributed by atoms with E-state index in [2.05, 4.69) is 0 Å². The van der Waals surface area contributed by atoms with E-state index in [-0.39, 0.29) is 22.0 Å². The van der Waals surface area contributed by atoms with Crippen LogP contribution < -0.4 is 5.43 Å². The van der Waals surface area contributed by atoms with Gasteiger partial charge in [-0.05, 0) is 6.07 Å². The molecule has 0 fully saturated rings. The third-order valence-corrected chi connectivity index (χ3v) is 2.07. The lowest BCUT2D eigenvalue weighted by molar-refractivity contribution is -0.384. The molecule has 6 heteroatoms. The molecule has 0 unspecified atom stereocenters. The lowest BCUT2D eigenvalue weighted by Crippen LogP contribution is -2.05. The highest BCUT2D eigenvalue weighted by atomic mass is 16.6. The molecule has 0 saturated heterocycles. The summed E-state index contributed by atoms with van der Waals surface area (Å²) in [6.45, 7) is 0. The van der Waals surface area contributed by atoms with Crippen molar-refractivity contribution in [1.82, 2.24) is 4.73 Å². The Morgan fingerprint density at radius 1 is 1.33 bits per heavy atom. The van der Waals surface area contributed by atoms with Gasteiger partial charge in [0.15, 0.2) is 5.43 Å². The third kappa shape index (κ3) is 1.41. The van der Waals surface area contributed by atoms with Gasteiger partial charge in [0.05, 0.1) is 10.4 Å². The van der Waals surface area contributed by atoms with E-state index in [4.69, 9.17) is 0 Å². The summed E-state index contributed by atoms with van der Waals surface area (Å²) in [6.07, 6.45) is 1.15. The smallest absolute Gasteiger partial charge is 0.271 e. The van der Waals surface area contributed by atoms with Gasteiger partial charge < -0.3 is 5.21 Å². The van der Waals surface area contributed by atoms with E-state index in [1.807, 2.05) is 0 Å². The zero-order valence-electron chi connectivity index (χ0n) is 7.45. The number of nitrogens with zero attached hydrogens (tertiary/aromatic N) is 2. The van der Waals surface area contributed by atoms with Crippen molar-refractivity contribution in [3.8, 4) is 0 Å². The van der Waals surface area contributed by atoms with Crippen LogP contribution in [0.15, 0.2) is 35.3 Å². The van der Waals surface area contributed by atoms with Gasteiger partial charge in [-0.3, -0.25) is 14.9 Å². The Balaban J connectivity index is 2.87. The fourth-order valence-electron chi connectivity index (χ4n) is 1.34. The number of benzene rings is 1. The van der Waals surface area contributed by atoms with Gasteiger partial charge in [0.2, 0.25) is 0 Å². The van der Waals surface area contributed by atoms with Crippen LogP contribution in [0.5, 0.6) is 0 Å². The van der Waals surface area contributed by atoms with Crippen LogP contribution >= 0.6 is 0 Å². The Bertz CT molecular complexity index is 603. The summed E-state index contributed by atoms with van der Waals surface area (Å²) in [7, 11) is 0. The molecule has 2 aromatic rings. The lowest BCUT2D eigenvalue weighted by Gasteiger charge is -2.01. The fourth-order valence-corrected chi connectivity index (χ4v) is 1.34. The molecule has 0 aliphatic heterocycles. The minimum absolute atomic E-state index is 0.122. The highest BCUT2D eigenvalue weighted by Gasteiger charge is 2.09. The molecular formula is C9H6N2O4. The van der Waals surface area contributed by atoms with Gasteiger partial charge in [-0.25, -0.2) is 0 Å². The molecule has 0 spiro atoms. The van der Waals surface area contributed by atoms with Crippen LogP contribution in [0, 0.1) is 10.1 Å². The predicted molar refractivity (Wildman–Crippen MR) is 52.0 cm³/mol. The van der Waals surface area contributed by atoms with E-state index in [9.17, 15) is 20.1 Å². The van der Waals surface area contributed by atoms with E-state index >= 15 is 0 Å². The Morgan fingerprint density at radius 3 is 2.73 bits per heavy atom. The minimum atomic E-state index is -0.586. The molecule has 0 saturated carbocycles. The number of nitro groups is 1. The summed E-state index contributed by atoms with van der Waals surface area (Å²) in [6, 6.07) is 4.89. The van der Waals surface area contributed by atoms with Crippen LogP contribution in [0.2, 0.25) is 0 Å². The van der Waals surface area contributed by atoms with Gasteiger partial charge >= 0.3 is 0 Å². The first kappa shape index (κ1) is 9.20. The van der Waals surface area contributed by atoms with Crippen LogP contribution in [-0.4, -0.2) is 14.9 Å². The van der Waals surface area contributed by atoms with Crippen molar-refractivity contribution in [3.05, 3.63) is 50.8 Å². The van der Waals surface area contributed by atoms with Crippen LogP contribution in [0.1, 0.15) is 0 Å². The molecule has 1 N–H and O–H groups in total. The molecule has 6 nitrogen and oxygen atoms in total. The first-order chi connectivity index (χ1) is 7.09. The van der Waals surface area contributed by atoms with Gasteiger partial charge in [-0.1, -0.05) is 0 Å². The topological polar surface area (TPSA) is 85.4 Å². The molecule has 0 atom stereocenters. The Morgan fingerprint density at radius 2 is 2.07 bits per heavy atom. The molecular weight excluding hydrogens is 200 g/mol. The Hall–Kier alpha value is -2.37. The molecule has 0 radical (unpaired) electrons. The summed E-state index contributed by atoms with van der Waals surface area (Å²) in [5, 5.41) is 20.1. The Labute approximate surface area is 83.1 Å². The van der Waals surface area contributed by atoms with Crippen molar-refractivity contribution >= 4 is 16.6 Å². The van der Waals surface area contributed by atoms with Crippen molar-refractivity contribution in [2.75, 3.05) is 0 Å². The zero-order chi connectivity index (χ0) is 11.0. The van der Waals surface area contributed by atoms with Gasteiger partial charge in [-0.15, -0.1) is 0 Å². The predicted octanol–water partition coefficient (Wildman–Crippen LogP) is 1.15. The van der Waals surface area contributed by atoms with Gasteiger partial charge in [0.25, 0.3) is 5.69 Å². The third-order valence-electron chi connectivity index (χ3n) is 2.07. The van der Waals surface area contributed by atoms with Crippen molar-refractivity contribution in [1.29, 1.82) is 0 Å². The van der Waals surface area contributed by atoms with Crippen molar-refractivity contribution in [2.24, 2.45) is 0 Å². The van der Waals surface area contributed by atoms with Gasteiger partial charge in [0, 0.05) is 29.8 Å². The van der Waals surface area contributed by atoms with E-state index in [0.717, 1.165) is 12.3 Å². The molecule has 76 valence electrons. The molecule has 0 aliphatic carbocycles. The molecule has 2 rings (SSSR count). The number of hydrogen-bond acceptors (Lipinski definition) is 4. The van der Waals surface area contributed by atoms with Crippen LogP contribution in [0.3, 0.4) is 0 Å². The van der Waals surface area contributed by atoms with E-state index in [1.54, 1.807) is 0 Å². The van der Waals surface area contributed by atoms with Crippen LogP contribution in [-0.2, 0) is 0 Å². The SMILES string of the molecule is O=c1ccn(O)c2cc([N+](=O)[O-])ccc12. The molecule has 0 aliphatic rings. The summed E-state index contributed by atoms with van der Waals surface area (Å²) in [5.74, 6) is 0. The van der Waals surface area contributed by atoms with E-state index < -0.39 is 4.92 Å². The summed E-state index contributed by atoms with van der Waals surface area (Å²) in [4.78, 5) is 21.2. The number of hydrogen-bond donors (Lipinski definition) is 1. The number of aromatic nitrogens is 1. The standard InChI is InChI=1S/C9H6N2O4/c12-9-3-4-10(13)8-5-6(11(14)15)1-2-7(8)9/h1-5,13H. The molecule has 1 aromatic heterocycles. The molecule has 1 aromatic carbocycles. The number of nitro benzene ring substituents is 1. The first-order valence-corrected chi connectivity index (χ1v) is 4.08. The molecule has 0 amide bonds.